The molecule has 4 nitrogen and oxygen atoms in total. The van der Waals surface area contributed by atoms with Crippen molar-refractivity contribution in [2.75, 3.05) is 19.7 Å². The maximum Gasteiger partial charge on any atom is 0.228 e. The van der Waals surface area contributed by atoms with Crippen molar-refractivity contribution in [3.8, 4) is 0 Å². The van der Waals surface area contributed by atoms with Crippen LogP contribution in [0.4, 0.5) is 0 Å². The summed E-state index contributed by atoms with van der Waals surface area (Å²) in [5, 5.41) is 0. The van der Waals surface area contributed by atoms with Gasteiger partial charge in [-0.25, -0.2) is 0 Å². The number of nitrogens with two attached hydrogens (primary N) is 1. The number of carbonyl (C=O) groups excluding carboxylic acids is 1. The number of rotatable bonds is 2. The number of hydrogen-bond acceptors (Lipinski definition) is 3. The zero-order valence-corrected chi connectivity index (χ0v) is 10.2. The minimum Gasteiger partial charge on any atom is -0.378 e. The minimum atomic E-state index is 0.0550. The summed E-state index contributed by atoms with van der Waals surface area (Å²) in [5.74, 6) is 0.843. The molecule has 2 rings (SSSR count). The Morgan fingerprint density at radius 1 is 1.44 bits per heavy atom. The Bertz CT molecular complexity index is 270. The van der Waals surface area contributed by atoms with E-state index in [1.165, 1.54) is 0 Å². The molecule has 0 aromatic rings. The Morgan fingerprint density at radius 3 is 2.75 bits per heavy atom. The first-order valence-corrected chi connectivity index (χ1v) is 6.27. The quantitative estimate of drug-likeness (QED) is 0.750. The summed E-state index contributed by atoms with van der Waals surface area (Å²) in [5.41, 5.74) is 5.76. The predicted octanol–water partition coefficient (Wildman–Crippen LogP) is 0.607. The average molecular weight is 226 g/mol. The van der Waals surface area contributed by atoms with Crippen molar-refractivity contribution in [2.45, 2.75) is 38.8 Å². The first-order chi connectivity index (χ1) is 7.65. The molecule has 0 aromatic carbocycles. The molecule has 1 amide bonds. The highest BCUT2D eigenvalue weighted by Gasteiger charge is 2.40. The number of amides is 1. The fourth-order valence-corrected chi connectivity index (χ4v) is 2.91. The van der Waals surface area contributed by atoms with Crippen LogP contribution in [0.5, 0.6) is 0 Å². The molecule has 16 heavy (non-hydrogen) atoms. The second kappa shape index (κ2) is 4.72. The highest BCUT2D eigenvalue weighted by atomic mass is 16.5. The van der Waals surface area contributed by atoms with Gasteiger partial charge in [0.2, 0.25) is 5.91 Å². The molecule has 2 N–H and O–H groups in total. The molecular formula is C12H22N2O2. The molecule has 0 spiro atoms. The van der Waals surface area contributed by atoms with Crippen LogP contribution in [0.2, 0.25) is 0 Å². The van der Waals surface area contributed by atoms with E-state index < -0.39 is 0 Å². The number of likely N-dealkylation sites (tertiary alicyclic amines) is 1. The van der Waals surface area contributed by atoms with Gasteiger partial charge in [-0.3, -0.25) is 4.79 Å². The molecule has 2 heterocycles. The van der Waals surface area contributed by atoms with E-state index in [0.29, 0.717) is 19.1 Å². The molecule has 0 radical (unpaired) electrons. The van der Waals surface area contributed by atoms with Gasteiger partial charge in [0.25, 0.3) is 0 Å². The summed E-state index contributed by atoms with van der Waals surface area (Å²) in [6.45, 7) is 6.33. The lowest BCUT2D eigenvalue weighted by molar-refractivity contribution is -0.138. The third-order valence-corrected chi connectivity index (χ3v) is 4.10. The highest BCUT2D eigenvalue weighted by molar-refractivity contribution is 5.80. The van der Waals surface area contributed by atoms with Crippen molar-refractivity contribution in [3.05, 3.63) is 0 Å². The molecular weight excluding hydrogens is 204 g/mol. The van der Waals surface area contributed by atoms with Gasteiger partial charge in [-0.05, 0) is 25.7 Å². The van der Waals surface area contributed by atoms with Gasteiger partial charge in [0.15, 0.2) is 0 Å². The van der Waals surface area contributed by atoms with Gasteiger partial charge in [0, 0.05) is 25.7 Å². The number of hydrogen-bond donors (Lipinski definition) is 1. The summed E-state index contributed by atoms with van der Waals surface area (Å²) >= 11 is 0. The van der Waals surface area contributed by atoms with Crippen LogP contribution in [0, 0.1) is 11.8 Å². The number of nitrogens with zero attached hydrogens (tertiary/aromatic N) is 1. The molecule has 2 saturated heterocycles. The van der Waals surface area contributed by atoms with Gasteiger partial charge in [0.05, 0.1) is 12.0 Å². The highest BCUT2D eigenvalue weighted by Crippen LogP contribution is 2.29. The second-order valence-electron chi connectivity index (χ2n) is 5.07. The first kappa shape index (κ1) is 11.9. The maximum atomic E-state index is 12.4. The van der Waals surface area contributed by atoms with Gasteiger partial charge < -0.3 is 15.4 Å². The standard InChI is InChI=1S/C12H22N2O2/c1-8-3-5-14(11(8)7-13)12(15)10-4-6-16-9(10)2/h8-11H,3-7,13H2,1-2H3. The molecule has 4 unspecified atom stereocenters. The van der Waals surface area contributed by atoms with Gasteiger partial charge >= 0.3 is 0 Å². The molecule has 2 aliphatic rings. The molecule has 0 saturated carbocycles. The monoisotopic (exact) mass is 226 g/mol. The van der Waals surface area contributed by atoms with Gasteiger partial charge in [-0.2, -0.15) is 0 Å². The fraction of sp³-hybridized carbons (Fsp3) is 0.917. The zero-order valence-electron chi connectivity index (χ0n) is 10.2. The normalized spacial score (nSPS) is 39.3. The van der Waals surface area contributed by atoms with Crippen LogP contribution >= 0.6 is 0 Å². The third-order valence-electron chi connectivity index (χ3n) is 4.10. The van der Waals surface area contributed by atoms with E-state index in [4.69, 9.17) is 10.5 Å². The maximum absolute atomic E-state index is 12.4. The predicted molar refractivity (Wildman–Crippen MR) is 61.9 cm³/mol. The molecule has 0 aliphatic carbocycles. The summed E-state index contributed by atoms with van der Waals surface area (Å²) in [6, 6.07) is 0.236. The van der Waals surface area contributed by atoms with Crippen LogP contribution in [0.25, 0.3) is 0 Å². The SMILES string of the molecule is CC1CCN(C(=O)C2CCOC2C)C1CN. The zero-order chi connectivity index (χ0) is 11.7. The number of carbonyl (C=O) groups is 1. The Kier molecular flexibility index (Phi) is 3.50. The second-order valence-corrected chi connectivity index (χ2v) is 5.07. The van der Waals surface area contributed by atoms with Gasteiger partial charge in [-0.1, -0.05) is 6.92 Å². The van der Waals surface area contributed by atoms with Crippen molar-refractivity contribution in [2.24, 2.45) is 17.6 Å². The van der Waals surface area contributed by atoms with Crippen LogP contribution in [0.1, 0.15) is 26.7 Å². The van der Waals surface area contributed by atoms with Crippen molar-refractivity contribution in [1.82, 2.24) is 4.90 Å². The van der Waals surface area contributed by atoms with Crippen LogP contribution < -0.4 is 5.73 Å². The third kappa shape index (κ3) is 1.96. The van der Waals surface area contributed by atoms with Gasteiger partial charge in [0.1, 0.15) is 0 Å². The summed E-state index contributed by atoms with van der Waals surface area (Å²) in [4.78, 5) is 14.3. The van der Waals surface area contributed by atoms with Gasteiger partial charge in [-0.15, -0.1) is 0 Å². The fourth-order valence-electron chi connectivity index (χ4n) is 2.91. The first-order valence-electron chi connectivity index (χ1n) is 6.27. The van der Waals surface area contributed by atoms with Crippen LogP contribution in [-0.4, -0.2) is 42.6 Å². The Morgan fingerprint density at radius 2 is 2.19 bits per heavy atom. The largest absolute Gasteiger partial charge is 0.378 e. The summed E-state index contributed by atoms with van der Waals surface area (Å²) in [6.07, 6.45) is 2.01. The van der Waals surface area contributed by atoms with E-state index in [-0.39, 0.29) is 24.0 Å². The molecule has 4 heteroatoms. The van der Waals surface area contributed by atoms with Crippen LogP contribution in [0.15, 0.2) is 0 Å². The molecule has 92 valence electrons. The smallest absolute Gasteiger partial charge is 0.228 e. The van der Waals surface area contributed by atoms with Crippen LogP contribution in [-0.2, 0) is 9.53 Å². The topological polar surface area (TPSA) is 55.6 Å². The lowest BCUT2D eigenvalue weighted by Crippen LogP contribution is -2.46. The Labute approximate surface area is 97.1 Å². The summed E-state index contributed by atoms with van der Waals surface area (Å²) < 4.78 is 5.46. The Hall–Kier alpha value is -0.610. The molecule has 0 aromatic heterocycles. The van der Waals surface area contributed by atoms with Crippen molar-refractivity contribution >= 4 is 5.91 Å². The lowest BCUT2D eigenvalue weighted by atomic mass is 9.99. The van der Waals surface area contributed by atoms with E-state index in [1.807, 2.05) is 11.8 Å². The van der Waals surface area contributed by atoms with E-state index in [2.05, 4.69) is 6.92 Å². The number of ether oxygens (including phenoxy) is 1. The average Bonchev–Trinajstić information content (AvgIpc) is 2.83. The Balaban J connectivity index is 2.04. The van der Waals surface area contributed by atoms with Crippen molar-refractivity contribution in [1.29, 1.82) is 0 Å². The van der Waals surface area contributed by atoms with Crippen molar-refractivity contribution in [3.63, 3.8) is 0 Å². The van der Waals surface area contributed by atoms with E-state index in [1.54, 1.807) is 0 Å². The molecule has 4 atom stereocenters. The lowest BCUT2D eigenvalue weighted by Gasteiger charge is -2.29. The van der Waals surface area contributed by atoms with Crippen LogP contribution in [0.3, 0.4) is 0 Å². The minimum absolute atomic E-state index is 0.0550. The van der Waals surface area contributed by atoms with E-state index in [0.717, 1.165) is 19.4 Å². The molecule has 0 bridgehead atoms. The summed E-state index contributed by atoms with van der Waals surface area (Å²) in [7, 11) is 0. The van der Waals surface area contributed by atoms with E-state index in [9.17, 15) is 4.79 Å². The molecule has 2 fully saturated rings. The molecule has 2 aliphatic heterocycles. The van der Waals surface area contributed by atoms with E-state index >= 15 is 0 Å². The van der Waals surface area contributed by atoms with Crippen molar-refractivity contribution < 1.29 is 9.53 Å².